The fourth-order valence-corrected chi connectivity index (χ4v) is 3.14. The number of carbonyl (C=O) groups is 1. The van der Waals surface area contributed by atoms with Crippen LogP contribution >= 0.6 is 34.8 Å². The van der Waals surface area contributed by atoms with Gasteiger partial charge in [-0.15, -0.1) is 0 Å². The average Bonchev–Trinajstić information content (AvgIpc) is 3.06. The molecule has 0 unspecified atom stereocenters. The van der Waals surface area contributed by atoms with E-state index in [4.69, 9.17) is 39.5 Å². The van der Waals surface area contributed by atoms with Gasteiger partial charge >= 0.3 is 6.09 Å². The summed E-state index contributed by atoms with van der Waals surface area (Å²) >= 11 is 18.3. The number of nitrogens with zero attached hydrogens (tertiary/aromatic N) is 2. The molecule has 1 heterocycles. The Morgan fingerprint density at radius 3 is 2.46 bits per heavy atom. The number of carbonyl (C=O) groups excluding carboxylic acids is 1. The second-order valence-electron chi connectivity index (χ2n) is 5.34. The van der Waals surface area contributed by atoms with Gasteiger partial charge in [-0.2, -0.15) is 5.10 Å². The van der Waals surface area contributed by atoms with Crippen molar-refractivity contribution in [1.29, 1.82) is 0 Å². The van der Waals surface area contributed by atoms with Crippen LogP contribution in [0.4, 0.5) is 4.79 Å². The van der Waals surface area contributed by atoms with Crippen molar-refractivity contribution >= 4 is 40.9 Å². The lowest BCUT2D eigenvalue weighted by Gasteiger charge is -2.08. The molecule has 0 saturated carbocycles. The molecular formula is C18H14Cl3N3O2. The van der Waals surface area contributed by atoms with Crippen LogP contribution in [0.25, 0.3) is 5.69 Å². The largest absolute Gasteiger partial charge is 0.412 e. The highest BCUT2D eigenvalue weighted by molar-refractivity contribution is 6.36. The fraction of sp³-hybridized carbons (Fsp3) is 0.111. The van der Waals surface area contributed by atoms with Crippen molar-refractivity contribution in [2.45, 2.75) is 6.42 Å². The Hall–Kier alpha value is -2.21. The van der Waals surface area contributed by atoms with Crippen LogP contribution < -0.4 is 10.1 Å². The van der Waals surface area contributed by atoms with E-state index in [0.29, 0.717) is 39.5 Å². The quantitative estimate of drug-likeness (QED) is 0.632. The van der Waals surface area contributed by atoms with E-state index >= 15 is 0 Å². The summed E-state index contributed by atoms with van der Waals surface area (Å²) in [6.45, 7) is 0.334. The highest BCUT2D eigenvalue weighted by Gasteiger charge is 2.10. The van der Waals surface area contributed by atoms with Crippen LogP contribution in [0.2, 0.25) is 15.1 Å². The monoisotopic (exact) mass is 409 g/mol. The summed E-state index contributed by atoms with van der Waals surface area (Å²) in [5, 5.41) is 8.47. The maximum atomic E-state index is 11.9. The van der Waals surface area contributed by atoms with Crippen molar-refractivity contribution < 1.29 is 9.53 Å². The minimum absolute atomic E-state index is 0.304. The molecule has 0 atom stereocenters. The molecule has 3 rings (SSSR count). The molecule has 0 bridgehead atoms. The molecule has 1 amide bonds. The number of hydrogen-bond donors (Lipinski definition) is 1. The number of para-hydroxylation sites is 1. The molecular weight excluding hydrogens is 397 g/mol. The van der Waals surface area contributed by atoms with E-state index in [1.807, 2.05) is 18.2 Å². The Bertz CT molecular complexity index is 907. The third-order valence-corrected chi connectivity index (χ3v) is 4.60. The van der Waals surface area contributed by atoms with Gasteiger partial charge in [0.15, 0.2) is 5.75 Å². The SMILES string of the molecule is O=C(NCCc1c(Cl)cccc1Cl)Oc1cnn(-c2ccccc2Cl)c1. The average molecular weight is 411 g/mol. The standard InChI is InChI=1S/C18H14Cl3N3O2/c19-14-5-3-6-15(20)13(14)8-9-22-18(25)26-12-10-23-24(11-12)17-7-2-1-4-16(17)21/h1-7,10-11H,8-9H2,(H,22,25). The van der Waals surface area contributed by atoms with Crippen molar-refractivity contribution in [3.8, 4) is 11.4 Å². The molecule has 26 heavy (non-hydrogen) atoms. The van der Waals surface area contributed by atoms with E-state index in [0.717, 1.165) is 5.56 Å². The second-order valence-corrected chi connectivity index (χ2v) is 6.56. The lowest BCUT2D eigenvalue weighted by molar-refractivity contribution is 0.200. The molecule has 0 aliphatic carbocycles. The zero-order valence-corrected chi connectivity index (χ0v) is 15.7. The third-order valence-electron chi connectivity index (χ3n) is 3.57. The summed E-state index contributed by atoms with van der Waals surface area (Å²) in [6, 6.07) is 12.5. The summed E-state index contributed by atoms with van der Waals surface area (Å²) < 4.78 is 6.75. The number of rotatable bonds is 5. The fourth-order valence-electron chi connectivity index (χ4n) is 2.33. The second kappa shape index (κ2) is 8.45. The van der Waals surface area contributed by atoms with Gasteiger partial charge < -0.3 is 10.1 Å². The minimum atomic E-state index is -0.591. The summed E-state index contributed by atoms with van der Waals surface area (Å²) in [6.07, 6.45) is 2.92. The summed E-state index contributed by atoms with van der Waals surface area (Å²) in [5.74, 6) is 0.304. The van der Waals surface area contributed by atoms with Gasteiger partial charge in [-0.3, -0.25) is 0 Å². The number of hydrogen-bond acceptors (Lipinski definition) is 3. The molecule has 0 spiro atoms. The molecule has 0 saturated heterocycles. The smallest absolute Gasteiger partial charge is 0.407 e. The van der Waals surface area contributed by atoms with Gasteiger partial charge in [-0.25, -0.2) is 9.48 Å². The predicted octanol–water partition coefficient (Wildman–Crippen LogP) is 5.16. The van der Waals surface area contributed by atoms with Gasteiger partial charge in [-0.05, 0) is 36.2 Å². The first-order valence-corrected chi connectivity index (χ1v) is 8.86. The lowest BCUT2D eigenvalue weighted by atomic mass is 10.1. The molecule has 8 heteroatoms. The summed E-state index contributed by atoms with van der Waals surface area (Å²) in [7, 11) is 0. The number of ether oxygens (including phenoxy) is 1. The van der Waals surface area contributed by atoms with Gasteiger partial charge in [0, 0.05) is 16.6 Å². The van der Waals surface area contributed by atoms with Crippen LogP contribution in [0.15, 0.2) is 54.9 Å². The first-order chi connectivity index (χ1) is 12.5. The van der Waals surface area contributed by atoms with Crippen molar-refractivity contribution in [2.24, 2.45) is 0 Å². The first-order valence-electron chi connectivity index (χ1n) is 7.73. The van der Waals surface area contributed by atoms with E-state index in [2.05, 4.69) is 10.4 Å². The molecule has 0 aliphatic rings. The Balaban J connectivity index is 1.55. The highest BCUT2D eigenvalue weighted by Crippen LogP contribution is 2.24. The molecule has 0 radical (unpaired) electrons. The van der Waals surface area contributed by atoms with Crippen LogP contribution in [0.5, 0.6) is 5.75 Å². The molecule has 1 aromatic heterocycles. The van der Waals surface area contributed by atoms with Crippen LogP contribution in [0, 0.1) is 0 Å². The van der Waals surface area contributed by atoms with Gasteiger partial charge in [0.1, 0.15) is 0 Å². The number of nitrogens with one attached hydrogen (secondary N) is 1. The van der Waals surface area contributed by atoms with Crippen LogP contribution in [-0.2, 0) is 6.42 Å². The number of aromatic nitrogens is 2. The topological polar surface area (TPSA) is 56.1 Å². The molecule has 0 aliphatic heterocycles. The minimum Gasteiger partial charge on any atom is -0.407 e. The molecule has 1 N–H and O–H groups in total. The lowest BCUT2D eigenvalue weighted by Crippen LogP contribution is -2.28. The van der Waals surface area contributed by atoms with E-state index in [-0.39, 0.29) is 0 Å². The maximum Gasteiger partial charge on any atom is 0.412 e. The number of benzene rings is 2. The van der Waals surface area contributed by atoms with Crippen molar-refractivity contribution in [1.82, 2.24) is 15.1 Å². The Morgan fingerprint density at radius 2 is 1.73 bits per heavy atom. The van der Waals surface area contributed by atoms with E-state index in [1.165, 1.54) is 10.9 Å². The number of halogens is 3. The molecule has 0 fully saturated rings. The van der Waals surface area contributed by atoms with Crippen LogP contribution in [-0.4, -0.2) is 22.4 Å². The van der Waals surface area contributed by atoms with Crippen LogP contribution in [0.1, 0.15) is 5.56 Å². The van der Waals surface area contributed by atoms with E-state index < -0.39 is 6.09 Å². The molecule has 2 aromatic carbocycles. The Labute approximate surface area is 165 Å². The molecule has 5 nitrogen and oxygen atoms in total. The Kier molecular flexibility index (Phi) is 6.04. The maximum absolute atomic E-state index is 11.9. The first kappa shape index (κ1) is 18.6. The van der Waals surface area contributed by atoms with Crippen molar-refractivity contribution in [3.63, 3.8) is 0 Å². The van der Waals surface area contributed by atoms with Gasteiger partial charge in [0.2, 0.25) is 0 Å². The summed E-state index contributed by atoms with van der Waals surface area (Å²) in [5.41, 5.74) is 1.47. The van der Waals surface area contributed by atoms with Gasteiger partial charge in [-0.1, -0.05) is 53.0 Å². The molecule has 3 aromatic rings. The number of amides is 1. The van der Waals surface area contributed by atoms with Crippen molar-refractivity contribution in [2.75, 3.05) is 6.54 Å². The summed E-state index contributed by atoms with van der Waals surface area (Å²) in [4.78, 5) is 11.9. The van der Waals surface area contributed by atoms with Crippen molar-refractivity contribution in [3.05, 3.63) is 75.5 Å². The van der Waals surface area contributed by atoms with E-state index in [9.17, 15) is 4.79 Å². The zero-order valence-electron chi connectivity index (χ0n) is 13.5. The normalized spacial score (nSPS) is 10.6. The zero-order chi connectivity index (χ0) is 18.5. The van der Waals surface area contributed by atoms with E-state index in [1.54, 1.807) is 30.5 Å². The highest BCUT2D eigenvalue weighted by atomic mass is 35.5. The molecule has 134 valence electrons. The van der Waals surface area contributed by atoms with Crippen LogP contribution in [0.3, 0.4) is 0 Å². The predicted molar refractivity (Wildman–Crippen MR) is 103 cm³/mol. The van der Waals surface area contributed by atoms with Gasteiger partial charge in [0.25, 0.3) is 0 Å². The van der Waals surface area contributed by atoms with Gasteiger partial charge in [0.05, 0.1) is 23.1 Å². The Morgan fingerprint density at radius 1 is 1.04 bits per heavy atom. The third kappa shape index (κ3) is 4.49.